The third-order valence-corrected chi connectivity index (χ3v) is 10.2. The van der Waals surface area contributed by atoms with Gasteiger partial charge in [-0.1, -0.05) is 0 Å². The molecule has 170 valence electrons. The highest BCUT2D eigenvalue weighted by Gasteiger charge is 2.44. The van der Waals surface area contributed by atoms with Crippen molar-refractivity contribution in [1.29, 1.82) is 0 Å². The van der Waals surface area contributed by atoms with Gasteiger partial charge in [0, 0.05) is 38.6 Å². The van der Waals surface area contributed by atoms with Gasteiger partial charge >= 0.3 is 0 Å². The number of phenols is 1. The van der Waals surface area contributed by atoms with Crippen molar-refractivity contribution in [2.45, 2.75) is 10.3 Å². The smallest absolute Gasteiger partial charge is 0.281 e. The zero-order chi connectivity index (χ0) is 23.0. The lowest BCUT2D eigenvalue weighted by molar-refractivity contribution is -0.134. The van der Waals surface area contributed by atoms with Crippen molar-refractivity contribution in [3.63, 3.8) is 0 Å². The van der Waals surface area contributed by atoms with E-state index in [1.165, 1.54) is 37.8 Å². The summed E-state index contributed by atoms with van der Waals surface area (Å²) in [7, 11) is -5.37. The molecular weight excluding hydrogens is 468 g/mol. The molecule has 2 aromatic rings. The average molecular weight is 491 g/mol. The summed E-state index contributed by atoms with van der Waals surface area (Å²) >= 11 is 0.979. The maximum Gasteiger partial charge on any atom is 0.281 e. The first-order chi connectivity index (χ1) is 14.5. The van der Waals surface area contributed by atoms with Gasteiger partial charge in [-0.25, -0.2) is 13.9 Å². The second kappa shape index (κ2) is 8.82. The van der Waals surface area contributed by atoms with Crippen molar-refractivity contribution in [2.75, 3.05) is 33.7 Å². The highest BCUT2D eigenvalue weighted by atomic mass is 32.2. The lowest BCUT2D eigenvalue weighted by Gasteiger charge is -2.38. The summed E-state index contributed by atoms with van der Waals surface area (Å²) < 4.78 is 54.2. The van der Waals surface area contributed by atoms with E-state index in [4.69, 9.17) is 5.21 Å². The Morgan fingerprint density at radius 3 is 2.32 bits per heavy atom. The van der Waals surface area contributed by atoms with Crippen LogP contribution in [0.4, 0.5) is 0 Å². The van der Waals surface area contributed by atoms with Crippen LogP contribution in [0.3, 0.4) is 0 Å². The van der Waals surface area contributed by atoms with Crippen molar-refractivity contribution in [3.05, 3.63) is 36.4 Å². The summed E-state index contributed by atoms with van der Waals surface area (Å²) in [6, 6.07) is 7.81. The van der Waals surface area contributed by atoms with Crippen LogP contribution < -0.4 is 5.48 Å². The first kappa shape index (κ1) is 23.6. The van der Waals surface area contributed by atoms with Gasteiger partial charge in [0.15, 0.2) is 0 Å². The predicted molar refractivity (Wildman–Crippen MR) is 113 cm³/mol. The van der Waals surface area contributed by atoms with Gasteiger partial charge < -0.3 is 5.11 Å². The normalized spacial score (nSPS) is 18.9. The quantitative estimate of drug-likeness (QED) is 0.384. The fourth-order valence-electron chi connectivity index (χ4n) is 3.11. The number of aromatic hydroxyl groups is 1. The van der Waals surface area contributed by atoms with E-state index in [0.717, 1.165) is 24.3 Å². The number of phenolic OH excluding ortho intramolecular Hbond substituents is 1. The van der Waals surface area contributed by atoms with E-state index in [2.05, 4.69) is 0 Å². The lowest BCUT2D eigenvalue weighted by Crippen LogP contribution is -2.62. The second-order valence-corrected chi connectivity index (χ2v) is 12.3. The molecule has 1 aromatic carbocycles. The van der Waals surface area contributed by atoms with Crippen LogP contribution >= 0.6 is 11.3 Å². The van der Waals surface area contributed by atoms with Crippen LogP contribution in [0.1, 0.15) is 0 Å². The highest BCUT2D eigenvalue weighted by Crippen LogP contribution is 2.34. The third-order valence-electron chi connectivity index (χ3n) is 4.79. The molecule has 14 heteroatoms. The van der Waals surface area contributed by atoms with Gasteiger partial charge in [0.2, 0.25) is 0 Å². The number of hydroxylamine groups is 1. The van der Waals surface area contributed by atoms with E-state index in [-0.39, 0.29) is 23.0 Å². The van der Waals surface area contributed by atoms with Gasteiger partial charge in [0.1, 0.15) is 16.0 Å². The molecule has 1 aliphatic heterocycles. The maximum atomic E-state index is 13.3. The van der Waals surface area contributed by atoms with Crippen molar-refractivity contribution >= 4 is 37.5 Å². The molecule has 3 rings (SSSR count). The Morgan fingerprint density at radius 1 is 1.10 bits per heavy atom. The number of nitrogens with zero attached hydrogens (tertiary/aromatic N) is 3. The van der Waals surface area contributed by atoms with Crippen molar-refractivity contribution in [3.8, 4) is 16.2 Å². The number of amides is 1. The number of rotatable bonds is 6. The Labute approximate surface area is 184 Å². The Bertz CT molecular complexity index is 1160. The largest absolute Gasteiger partial charge is 0.508 e. The minimum absolute atomic E-state index is 0.0322. The van der Waals surface area contributed by atoms with Crippen LogP contribution in [0.25, 0.3) is 10.4 Å². The molecule has 1 aromatic heterocycles. The molecule has 1 aliphatic rings. The van der Waals surface area contributed by atoms with Gasteiger partial charge in [-0.3, -0.25) is 10.0 Å². The van der Waals surface area contributed by atoms with Crippen LogP contribution in [0, 0.1) is 0 Å². The maximum absolute atomic E-state index is 13.3. The van der Waals surface area contributed by atoms with E-state index >= 15 is 0 Å². The molecule has 0 spiro atoms. The first-order valence-corrected chi connectivity index (χ1v) is 12.7. The summed E-state index contributed by atoms with van der Waals surface area (Å²) in [6.45, 7) is -0.854. The average Bonchev–Trinajstić information content (AvgIpc) is 3.24. The number of sulfonamides is 1. The topological polar surface area (TPSA) is 148 Å². The van der Waals surface area contributed by atoms with E-state index < -0.39 is 38.7 Å². The van der Waals surface area contributed by atoms with Crippen LogP contribution in [0.2, 0.25) is 0 Å². The number of carbonyl (C=O) groups excluding carboxylic acids is 1. The molecule has 1 amide bonds. The standard InChI is InChI=1S/C17H22N4O7S3/c1-19(2)31(27,28)20-9-10-21(14(11-20)17(23)18-24)30(25,26)16-8-7-15(29-16)12-3-5-13(22)6-4-12/h3-8,14,22,24H,9-11H2,1-2H3,(H,18,23)/t14-/m1/s1. The van der Waals surface area contributed by atoms with Crippen molar-refractivity contribution in [2.24, 2.45) is 0 Å². The van der Waals surface area contributed by atoms with Crippen LogP contribution in [0.15, 0.2) is 40.6 Å². The van der Waals surface area contributed by atoms with Gasteiger partial charge in [0.05, 0.1) is 0 Å². The number of benzene rings is 1. The monoisotopic (exact) mass is 490 g/mol. The SMILES string of the molecule is CN(C)S(=O)(=O)N1CCN(S(=O)(=O)c2ccc(-c3ccc(O)cc3)s2)[C@@H](C(=O)NO)C1. The molecule has 2 heterocycles. The molecular formula is C17H22N4O7S3. The first-order valence-electron chi connectivity index (χ1n) is 9.01. The van der Waals surface area contributed by atoms with E-state index in [1.54, 1.807) is 18.2 Å². The molecule has 0 saturated carbocycles. The number of hydrogen-bond acceptors (Lipinski definition) is 8. The molecule has 0 bridgehead atoms. The lowest BCUT2D eigenvalue weighted by atomic mass is 10.2. The minimum Gasteiger partial charge on any atom is -0.508 e. The van der Waals surface area contributed by atoms with Crippen molar-refractivity contribution in [1.82, 2.24) is 18.4 Å². The molecule has 31 heavy (non-hydrogen) atoms. The van der Waals surface area contributed by atoms with E-state index in [0.29, 0.717) is 10.4 Å². The molecule has 0 unspecified atom stereocenters. The van der Waals surface area contributed by atoms with E-state index in [9.17, 15) is 26.7 Å². The summed E-state index contributed by atoms with van der Waals surface area (Å²) in [4.78, 5) is 12.9. The van der Waals surface area contributed by atoms with Crippen LogP contribution in [-0.2, 0) is 25.0 Å². The number of nitrogens with one attached hydrogen (secondary N) is 1. The fraction of sp³-hybridized carbons (Fsp3) is 0.353. The minimum atomic E-state index is -4.16. The Hall–Kier alpha value is -2.07. The molecule has 1 fully saturated rings. The zero-order valence-electron chi connectivity index (χ0n) is 16.7. The highest BCUT2D eigenvalue weighted by molar-refractivity contribution is 7.91. The Kier molecular flexibility index (Phi) is 6.71. The summed E-state index contributed by atoms with van der Waals surface area (Å²) in [5.41, 5.74) is 2.13. The molecule has 3 N–H and O–H groups in total. The summed E-state index contributed by atoms with van der Waals surface area (Å²) in [5.74, 6) is -0.950. The van der Waals surface area contributed by atoms with E-state index in [1.807, 2.05) is 0 Å². The third kappa shape index (κ3) is 4.59. The fourth-order valence-corrected chi connectivity index (χ4v) is 7.23. The van der Waals surface area contributed by atoms with Gasteiger partial charge in [-0.2, -0.15) is 21.3 Å². The molecule has 0 radical (unpaired) electrons. The molecule has 0 aliphatic carbocycles. The molecule has 1 saturated heterocycles. The zero-order valence-corrected chi connectivity index (χ0v) is 19.1. The number of hydrogen-bond donors (Lipinski definition) is 3. The predicted octanol–water partition coefficient (Wildman–Crippen LogP) is 0.107. The summed E-state index contributed by atoms with van der Waals surface area (Å²) in [6.07, 6.45) is 0. The van der Waals surface area contributed by atoms with Crippen molar-refractivity contribution < 1.29 is 31.9 Å². The molecule has 11 nitrogen and oxygen atoms in total. The van der Waals surface area contributed by atoms with Gasteiger partial charge in [0.25, 0.3) is 26.1 Å². The van der Waals surface area contributed by atoms with Gasteiger partial charge in [-0.05, 0) is 42.0 Å². The number of piperazine rings is 1. The second-order valence-electron chi connectivity index (χ2n) is 6.92. The van der Waals surface area contributed by atoms with Gasteiger partial charge in [-0.15, -0.1) is 11.3 Å². The molecule has 1 atom stereocenters. The van der Waals surface area contributed by atoms with Crippen LogP contribution in [-0.4, -0.2) is 85.7 Å². The number of carbonyl (C=O) groups is 1. The van der Waals surface area contributed by atoms with Crippen LogP contribution in [0.5, 0.6) is 5.75 Å². The summed E-state index contributed by atoms with van der Waals surface area (Å²) in [5, 5.41) is 18.5. The Balaban J connectivity index is 1.92. The number of thiophene rings is 1. The Morgan fingerprint density at radius 2 is 1.74 bits per heavy atom.